The first-order chi connectivity index (χ1) is 6.77. The van der Waals surface area contributed by atoms with Crippen LogP contribution in [-0.2, 0) is 6.42 Å². The third kappa shape index (κ3) is 1.52. The summed E-state index contributed by atoms with van der Waals surface area (Å²) in [7, 11) is 0. The lowest BCUT2D eigenvalue weighted by atomic mass is 10.1. The zero-order valence-corrected chi connectivity index (χ0v) is 7.57. The van der Waals surface area contributed by atoms with E-state index in [1.54, 1.807) is 12.4 Å². The van der Waals surface area contributed by atoms with Gasteiger partial charge in [0.2, 0.25) is 0 Å². The van der Waals surface area contributed by atoms with Crippen LogP contribution in [0.25, 0.3) is 0 Å². The van der Waals surface area contributed by atoms with Crippen molar-refractivity contribution in [2.45, 2.75) is 6.42 Å². The van der Waals surface area contributed by atoms with E-state index in [-0.39, 0.29) is 0 Å². The van der Waals surface area contributed by atoms with E-state index in [9.17, 15) is 0 Å². The topological polar surface area (TPSA) is 93.6 Å². The Morgan fingerprint density at radius 1 is 1.36 bits per heavy atom. The Labute approximate surface area is 81.2 Å². The second-order valence-corrected chi connectivity index (χ2v) is 3.04. The van der Waals surface area contributed by atoms with Gasteiger partial charge in [-0.05, 0) is 11.6 Å². The van der Waals surface area contributed by atoms with Crippen molar-refractivity contribution in [1.82, 2.24) is 15.2 Å². The number of nitrogens with two attached hydrogens (primary N) is 2. The van der Waals surface area contributed by atoms with Crippen molar-refractivity contribution >= 4 is 11.6 Å². The molecule has 0 aromatic carbocycles. The highest BCUT2D eigenvalue weighted by molar-refractivity contribution is 5.54. The monoisotopic (exact) mass is 189 g/mol. The summed E-state index contributed by atoms with van der Waals surface area (Å²) in [4.78, 5) is 4.01. The number of pyridine rings is 1. The Morgan fingerprint density at radius 3 is 2.79 bits per heavy atom. The second-order valence-electron chi connectivity index (χ2n) is 3.04. The maximum Gasteiger partial charge on any atom is 0.150 e. The third-order valence-electron chi connectivity index (χ3n) is 2.03. The molecule has 0 saturated heterocycles. The van der Waals surface area contributed by atoms with Crippen LogP contribution in [0.1, 0.15) is 11.1 Å². The molecule has 0 spiro atoms. The van der Waals surface area contributed by atoms with Gasteiger partial charge in [-0.25, -0.2) is 0 Å². The molecule has 5 nitrogen and oxygen atoms in total. The minimum absolute atomic E-state index is 0.450. The molecular weight excluding hydrogens is 178 g/mol. The van der Waals surface area contributed by atoms with Gasteiger partial charge in [-0.15, -0.1) is 0 Å². The predicted molar refractivity (Wildman–Crippen MR) is 54.5 cm³/mol. The van der Waals surface area contributed by atoms with Crippen molar-refractivity contribution in [3.8, 4) is 0 Å². The van der Waals surface area contributed by atoms with Gasteiger partial charge in [0.15, 0.2) is 5.82 Å². The summed E-state index contributed by atoms with van der Waals surface area (Å²) in [5.74, 6) is 0.970. The standard InChI is InChI=1S/C9H11N5/c10-8-7(9(11)14-13-8)4-6-2-1-3-12-5-6/h1-3,5H,4H2,(H5,10,11,13,14). The second kappa shape index (κ2) is 3.37. The van der Waals surface area contributed by atoms with Crippen LogP contribution in [0.2, 0.25) is 0 Å². The fourth-order valence-corrected chi connectivity index (χ4v) is 1.29. The molecular formula is C9H11N5. The molecule has 0 unspecified atom stereocenters. The summed E-state index contributed by atoms with van der Waals surface area (Å²) in [5.41, 5.74) is 13.2. The van der Waals surface area contributed by atoms with E-state index < -0.39 is 0 Å². The van der Waals surface area contributed by atoms with E-state index in [0.717, 1.165) is 11.1 Å². The van der Waals surface area contributed by atoms with Crippen molar-refractivity contribution in [3.05, 3.63) is 35.7 Å². The molecule has 0 amide bonds. The van der Waals surface area contributed by atoms with E-state index in [2.05, 4.69) is 15.2 Å². The molecule has 0 fully saturated rings. The van der Waals surface area contributed by atoms with Gasteiger partial charge in [-0.1, -0.05) is 6.07 Å². The number of H-pyrrole nitrogens is 1. The van der Waals surface area contributed by atoms with Crippen LogP contribution in [0.4, 0.5) is 11.6 Å². The van der Waals surface area contributed by atoms with Gasteiger partial charge in [0, 0.05) is 24.4 Å². The Hall–Kier alpha value is -2.04. The van der Waals surface area contributed by atoms with Crippen molar-refractivity contribution in [2.75, 3.05) is 11.5 Å². The molecule has 14 heavy (non-hydrogen) atoms. The number of nitrogens with one attached hydrogen (secondary N) is 1. The summed E-state index contributed by atoms with van der Waals surface area (Å²) in [6, 6.07) is 3.85. The minimum atomic E-state index is 0.450. The van der Waals surface area contributed by atoms with Gasteiger partial charge in [0.1, 0.15) is 5.82 Å². The lowest BCUT2D eigenvalue weighted by molar-refractivity contribution is 1.11. The SMILES string of the molecule is Nc1n[nH]c(N)c1Cc1cccnc1. The molecule has 0 aliphatic heterocycles. The predicted octanol–water partition coefficient (Wildman–Crippen LogP) is 0.560. The van der Waals surface area contributed by atoms with Crippen molar-refractivity contribution in [3.63, 3.8) is 0 Å². The Kier molecular flexibility index (Phi) is 2.06. The molecule has 2 rings (SSSR count). The highest BCUT2D eigenvalue weighted by Gasteiger charge is 2.08. The molecule has 0 bridgehead atoms. The van der Waals surface area contributed by atoms with Crippen molar-refractivity contribution < 1.29 is 0 Å². The van der Waals surface area contributed by atoms with Crippen molar-refractivity contribution in [2.24, 2.45) is 0 Å². The first-order valence-electron chi connectivity index (χ1n) is 4.24. The minimum Gasteiger partial charge on any atom is -0.384 e. The quantitative estimate of drug-likeness (QED) is 0.643. The zero-order chi connectivity index (χ0) is 9.97. The molecule has 5 heteroatoms. The first kappa shape index (κ1) is 8.55. The van der Waals surface area contributed by atoms with Gasteiger partial charge in [0.05, 0.1) is 0 Å². The van der Waals surface area contributed by atoms with E-state index in [1.807, 2.05) is 12.1 Å². The van der Waals surface area contributed by atoms with E-state index >= 15 is 0 Å². The number of aromatic nitrogens is 3. The van der Waals surface area contributed by atoms with Gasteiger partial charge < -0.3 is 11.5 Å². The molecule has 0 radical (unpaired) electrons. The molecule has 2 heterocycles. The van der Waals surface area contributed by atoms with Gasteiger partial charge in [0.25, 0.3) is 0 Å². The van der Waals surface area contributed by atoms with Crippen LogP contribution in [0, 0.1) is 0 Å². The zero-order valence-electron chi connectivity index (χ0n) is 7.57. The number of hydrogen-bond donors (Lipinski definition) is 3. The molecule has 0 saturated carbocycles. The molecule has 5 N–H and O–H groups in total. The highest BCUT2D eigenvalue weighted by Crippen LogP contribution is 2.18. The lowest BCUT2D eigenvalue weighted by Crippen LogP contribution is -1.97. The normalized spacial score (nSPS) is 10.3. The smallest absolute Gasteiger partial charge is 0.150 e. The Balaban J connectivity index is 2.27. The van der Waals surface area contributed by atoms with E-state index in [0.29, 0.717) is 18.1 Å². The summed E-state index contributed by atoms with van der Waals surface area (Å²) in [6.45, 7) is 0. The number of nitrogen functional groups attached to an aromatic ring is 2. The summed E-state index contributed by atoms with van der Waals surface area (Å²) in [6.07, 6.45) is 4.17. The first-order valence-corrected chi connectivity index (χ1v) is 4.24. The third-order valence-corrected chi connectivity index (χ3v) is 2.03. The number of aromatic amines is 1. The fourth-order valence-electron chi connectivity index (χ4n) is 1.29. The van der Waals surface area contributed by atoms with Crippen LogP contribution in [0.3, 0.4) is 0 Å². The van der Waals surface area contributed by atoms with Crippen LogP contribution in [0.5, 0.6) is 0 Å². The van der Waals surface area contributed by atoms with Crippen LogP contribution in [-0.4, -0.2) is 15.2 Å². The maximum absolute atomic E-state index is 5.67. The molecule has 0 aliphatic rings. The van der Waals surface area contributed by atoms with Gasteiger partial charge in [-0.2, -0.15) is 5.10 Å². The van der Waals surface area contributed by atoms with Gasteiger partial charge >= 0.3 is 0 Å². The number of rotatable bonds is 2. The van der Waals surface area contributed by atoms with Crippen LogP contribution < -0.4 is 11.5 Å². The fraction of sp³-hybridized carbons (Fsp3) is 0.111. The Morgan fingerprint density at radius 2 is 2.21 bits per heavy atom. The molecule has 0 aliphatic carbocycles. The highest BCUT2D eigenvalue weighted by atomic mass is 15.2. The summed E-state index contributed by atoms with van der Waals surface area (Å²) >= 11 is 0. The van der Waals surface area contributed by atoms with Crippen molar-refractivity contribution in [1.29, 1.82) is 0 Å². The average Bonchev–Trinajstić information content (AvgIpc) is 2.51. The largest absolute Gasteiger partial charge is 0.384 e. The number of hydrogen-bond acceptors (Lipinski definition) is 4. The maximum atomic E-state index is 5.67. The van der Waals surface area contributed by atoms with Crippen LogP contribution in [0.15, 0.2) is 24.5 Å². The van der Waals surface area contributed by atoms with E-state index in [1.165, 1.54) is 0 Å². The molecule has 72 valence electrons. The molecule has 0 atom stereocenters. The lowest BCUT2D eigenvalue weighted by Gasteiger charge is -1.99. The van der Waals surface area contributed by atoms with Crippen LogP contribution >= 0.6 is 0 Å². The van der Waals surface area contributed by atoms with Gasteiger partial charge in [-0.3, -0.25) is 10.1 Å². The average molecular weight is 189 g/mol. The number of nitrogens with zero attached hydrogens (tertiary/aromatic N) is 2. The van der Waals surface area contributed by atoms with E-state index in [4.69, 9.17) is 11.5 Å². The Bertz CT molecular complexity index is 401. The molecule has 2 aromatic heterocycles. The number of anilines is 2. The summed E-state index contributed by atoms with van der Waals surface area (Å²) < 4.78 is 0. The summed E-state index contributed by atoms with van der Waals surface area (Å²) in [5, 5.41) is 6.46. The molecule has 2 aromatic rings.